The highest BCUT2D eigenvalue weighted by molar-refractivity contribution is 7.53. The second kappa shape index (κ2) is 9.17. The molecule has 98 valence electrons. The van der Waals surface area contributed by atoms with E-state index in [2.05, 4.69) is 6.92 Å². The van der Waals surface area contributed by atoms with E-state index in [1.54, 1.807) is 13.8 Å². The standard InChI is InChI=1S/C11H25O4P/c1-4-7-8-9-11(12)10-16(13,14-5-2)15-6-3/h11-12H,4-10H2,1-3H3. The molecule has 0 rings (SSSR count). The molecule has 1 N–H and O–H groups in total. The summed E-state index contributed by atoms with van der Waals surface area (Å²) in [4.78, 5) is 0. The zero-order valence-electron chi connectivity index (χ0n) is 10.6. The first kappa shape index (κ1) is 16.1. The van der Waals surface area contributed by atoms with Crippen LogP contribution in [0.25, 0.3) is 0 Å². The van der Waals surface area contributed by atoms with Crippen molar-refractivity contribution < 1.29 is 18.7 Å². The van der Waals surface area contributed by atoms with E-state index in [9.17, 15) is 9.67 Å². The van der Waals surface area contributed by atoms with Gasteiger partial charge in [-0.05, 0) is 20.3 Å². The van der Waals surface area contributed by atoms with Gasteiger partial charge in [-0.3, -0.25) is 4.57 Å². The fourth-order valence-corrected chi connectivity index (χ4v) is 3.29. The van der Waals surface area contributed by atoms with Crippen molar-refractivity contribution in [2.24, 2.45) is 0 Å². The molecule has 0 aliphatic heterocycles. The summed E-state index contributed by atoms with van der Waals surface area (Å²) < 4.78 is 22.3. The van der Waals surface area contributed by atoms with Crippen LogP contribution in [-0.4, -0.2) is 30.6 Å². The van der Waals surface area contributed by atoms with E-state index >= 15 is 0 Å². The topological polar surface area (TPSA) is 55.8 Å². The summed E-state index contributed by atoms with van der Waals surface area (Å²) in [7, 11) is -3.07. The van der Waals surface area contributed by atoms with Crippen LogP contribution in [-0.2, 0) is 13.6 Å². The van der Waals surface area contributed by atoms with Crippen molar-refractivity contribution >= 4 is 7.60 Å². The summed E-state index contributed by atoms with van der Waals surface area (Å²) in [6, 6.07) is 0. The smallest absolute Gasteiger partial charge is 0.333 e. The Labute approximate surface area is 98.9 Å². The minimum atomic E-state index is -3.07. The van der Waals surface area contributed by atoms with Crippen LogP contribution < -0.4 is 0 Å². The normalized spacial score (nSPS) is 14.0. The lowest BCUT2D eigenvalue weighted by Gasteiger charge is -2.19. The minimum absolute atomic E-state index is 0.110. The molecule has 5 heteroatoms. The maximum atomic E-state index is 12.1. The fourth-order valence-electron chi connectivity index (χ4n) is 1.52. The zero-order valence-corrected chi connectivity index (χ0v) is 11.5. The van der Waals surface area contributed by atoms with Crippen molar-refractivity contribution in [2.75, 3.05) is 19.4 Å². The van der Waals surface area contributed by atoms with E-state index in [-0.39, 0.29) is 6.16 Å². The third kappa shape index (κ3) is 7.39. The van der Waals surface area contributed by atoms with Crippen molar-refractivity contribution in [1.29, 1.82) is 0 Å². The SMILES string of the molecule is CCCCCC(O)CP(=O)(OCC)OCC. The molecule has 0 aromatic rings. The first-order chi connectivity index (χ1) is 7.58. The number of hydrogen-bond acceptors (Lipinski definition) is 4. The van der Waals surface area contributed by atoms with Gasteiger partial charge in [0.15, 0.2) is 0 Å². The molecule has 0 aromatic carbocycles. The molecule has 0 heterocycles. The highest BCUT2D eigenvalue weighted by Gasteiger charge is 2.27. The van der Waals surface area contributed by atoms with E-state index in [1.165, 1.54) is 0 Å². The quantitative estimate of drug-likeness (QED) is 0.479. The monoisotopic (exact) mass is 252 g/mol. The molecular formula is C11H25O4P. The second-order valence-corrected chi connectivity index (χ2v) is 5.88. The van der Waals surface area contributed by atoms with E-state index in [4.69, 9.17) is 9.05 Å². The van der Waals surface area contributed by atoms with Gasteiger partial charge in [0.1, 0.15) is 0 Å². The molecule has 0 aromatic heterocycles. The van der Waals surface area contributed by atoms with Gasteiger partial charge in [0.2, 0.25) is 0 Å². The molecule has 0 radical (unpaired) electrons. The van der Waals surface area contributed by atoms with Gasteiger partial charge in [-0.25, -0.2) is 0 Å². The van der Waals surface area contributed by atoms with Crippen molar-refractivity contribution in [1.82, 2.24) is 0 Å². The summed E-state index contributed by atoms with van der Waals surface area (Å²) in [5.74, 6) is 0. The first-order valence-corrected chi connectivity index (χ1v) is 7.87. The van der Waals surface area contributed by atoms with Crippen LogP contribution in [0, 0.1) is 0 Å². The summed E-state index contributed by atoms with van der Waals surface area (Å²) in [5, 5.41) is 9.73. The van der Waals surface area contributed by atoms with E-state index in [0.29, 0.717) is 19.6 Å². The van der Waals surface area contributed by atoms with Gasteiger partial charge in [-0.2, -0.15) is 0 Å². The minimum Gasteiger partial charge on any atom is -0.392 e. The Morgan fingerprint density at radius 1 is 1.12 bits per heavy atom. The predicted octanol–water partition coefficient (Wildman–Crippen LogP) is 3.19. The Morgan fingerprint density at radius 2 is 1.69 bits per heavy atom. The van der Waals surface area contributed by atoms with E-state index < -0.39 is 13.7 Å². The Balaban J connectivity index is 4.02. The van der Waals surface area contributed by atoms with Crippen molar-refractivity contribution in [2.45, 2.75) is 52.6 Å². The van der Waals surface area contributed by atoms with Crippen LogP contribution in [0.5, 0.6) is 0 Å². The Kier molecular flexibility index (Phi) is 9.24. The maximum Gasteiger partial charge on any atom is 0.333 e. The van der Waals surface area contributed by atoms with E-state index in [0.717, 1.165) is 19.3 Å². The zero-order chi connectivity index (χ0) is 12.4. The van der Waals surface area contributed by atoms with Gasteiger partial charge in [0.05, 0.1) is 25.5 Å². The van der Waals surface area contributed by atoms with Crippen molar-refractivity contribution in [3.8, 4) is 0 Å². The Morgan fingerprint density at radius 3 is 2.12 bits per heavy atom. The molecule has 0 fully saturated rings. The summed E-state index contributed by atoms with van der Waals surface area (Å²) in [5.41, 5.74) is 0. The van der Waals surface area contributed by atoms with Crippen molar-refractivity contribution in [3.63, 3.8) is 0 Å². The molecule has 0 amide bonds. The van der Waals surface area contributed by atoms with Crippen LogP contribution in [0.4, 0.5) is 0 Å². The first-order valence-electron chi connectivity index (χ1n) is 6.14. The lowest BCUT2D eigenvalue weighted by atomic mass is 10.1. The third-order valence-electron chi connectivity index (χ3n) is 2.23. The molecular weight excluding hydrogens is 227 g/mol. The molecule has 0 aliphatic carbocycles. The number of rotatable bonds is 10. The van der Waals surface area contributed by atoms with Crippen LogP contribution in [0.1, 0.15) is 46.5 Å². The summed E-state index contributed by atoms with van der Waals surface area (Å²) in [6.07, 6.45) is 3.34. The van der Waals surface area contributed by atoms with Crippen LogP contribution in [0.15, 0.2) is 0 Å². The van der Waals surface area contributed by atoms with Crippen LogP contribution in [0.3, 0.4) is 0 Å². The van der Waals surface area contributed by atoms with Crippen LogP contribution in [0.2, 0.25) is 0 Å². The van der Waals surface area contributed by atoms with Gasteiger partial charge < -0.3 is 14.2 Å². The largest absolute Gasteiger partial charge is 0.392 e. The molecule has 16 heavy (non-hydrogen) atoms. The van der Waals surface area contributed by atoms with E-state index in [1.807, 2.05) is 0 Å². The van der Waals surface area contributed by atoms with Gasteiger partial charge in [-0.1, -0.05) is 26.2 Å². The maximum absolute atomic E-state index is 12.1. The highest BCUT2D eigenvalue weighted by Crippen LogP contribution is 2.48. The number of unbranched alkanes of at least 4 members (excludes halogenated alkanes) is 2. The van der Waals surface area contributed by atoms with Gasteiger partial charge >= 0.3 is 7.60 Å². The van der Waals surface area contributed by atoms with Gasteiger partial charge in [0, 0.05) is 0 Å². The molecule has 0 aliphatic rings. The molecule has 0 spiro atoms. The Bertz CT molecular complexity index is 198. The van der Waals surface area contributed by atoms with Crippen LogP contribution >= 0.6 is 7.60 Å². The number of aliphatic hydroxyl groups excluding tert-OH is 1. The molecule has 0 saturated heterocycles. The molecule has 0 saturated carbocycles. The molecule has 4 nitrogen and oxygen atoms in total. The molecule has 0 bridgehead atoms. The summed E-state index contributed by atoms with van der Waals surface area (Å²) >= 11 is 0. The lowest BCUT2D eigenvalue weighted by Crippen LogP contribution is -2.15. The van der Waals surface area contributed by atoms with Gasteiger partial charge in [0.25, 0.3) is 0 Å². The molecule has 1 atom stereocenters. The van der Waals surface area contributed by atoms with Crippen molar-refractivity contribution in [3.05, 3.63) is 0 Å². The predicted molar refractivity (Wildman–Crippen MR) is 65.9 cm³/mol. The number of aliphatic hydroxyl groups is 1. The third-order valence-corrected chi connectivity index (χ3v) is 4.40. The average molecular weight is 252 g/mol. The lowest BCUT2D eigenvalue weighted by molar-refractivity contribution is 0.159. The van der Waals surface area contributed by atoms with Gasteiger partial charge in [-0.15, -0.1) is 0 Å². The Hall–Kier alpha value is 0.110. The number of hydrogen-bond donors (Lipinski definition) is 1. The average Bonchev–Trinajstić information content (AvgIpc) is 2.18. The summed E-state index contributed by atoms with van der Waals surface area (Å²) in [6.45, 7) is 6.35. The fraction of sp³-hybridized carbons (Fsp3) is 1.00. The highest BCUT2D eigenvalue weighted by atomic mass is 31.2. The molecule has 1 unspecified atom stereocenters. The second-order valence-electron chi connectivity index (χ2n) is 3.78.